The molecule has 2 heterocycles. The fourth-order valence-electron chi connectivity index (χ4n) is 1.13. The van der Waals surface area contributed by atoms with Crippen LogP contribution >= 0.6 is 12.2 Å². The van der Waals surface area contributed by atoms with E-state index in [0.717, 1.165) is 11.5 Å². The largest absolute Gasteiger partial charge is 0.366 e. The van der Waals surface area contributed by atoms with E-state index in [4.69, 9.17) is 12.2 Å². The molecule has 0 unspecified atom stereocenters. The van der Waals surface area contributed by atoms with E-state index in [1.807, 2.05) is 12.1 Å². The maximum absolute atomic E-state index is 4.97. The highest BCUT2D eigenvalue weighted by Crippen LogP contribution is 2.08. The average Bonchev–Trinajstić information content (AvgIpc) is 2.83. The van der Waals surface area contributed by atoms with Crippen LogP contribution in [0.2, 0.25) is 0 Å². The Morgan fingerprint density at radius 3 is 2.62 bits per heavy atom. The van der Waals surface area contributed by atoms with Crippen LogP contribution in [0.25, 0.3) is 5.82 Å². The van der Waals surface area contributed by atoms with E-state index >= 15 is 0 Å². The van der Waals surface area contributed by atoms with E-state index < -0.39 is 0 Å². The number of anilines is 1. The van der Waals surface area contributed by atoms with Crippen molar-refractivity contribution in [2.75, 3.05) is 12.4 Å². The molecular weight excluding hydrogens is 224 g/mol. The van der Waals surface area contributed by atoms with Crippen molar-refractivity contribution >= 4 is 23.0 Å². The predicted molar refractivity (Wildman–Crippen MR) is 64.4 cm³/mol. The van der Waals surface area contributed by atoms with Gasteiger partial charge in [-0.15, -0.1) is 10.2 Å². The summed E-state index contributed by atoms with van der Waals surface area (Å²) in [6.45, 7) is 0. The van der Waals surface area contributed by atoms with Crippen LogP contribution in [0.5, 0.6) is 0 Å². The SMILES string of the molecule is CNC(=S)Nc1ccc(-n2cnnc2)nc1. The molecule has 0 bridgehead atoms. The molecule has 0 atom stereocenters. The lowest BCUT2D eigenvalue weighted by Crippen LogP contribution is -2.24. The molecule has 0 radical (unpaired) electrons. The summed E-state index contributed by atoms with van der Waals surface area (Å²) in [7, 11) is 1.76. The van der Waals surface area contributed by atoms with Crippen molar-refractivity contribution in [1.82, 2.24) is 25.1 Å². The zero-order valence-electron chi connectivity index (χ0n) is 8.58. The summed E-state index contributed by atoms with van der Waals surface area (Å²) in [5.74, 6) is 0.755. The summed E-state index contributed by atoms with van der Waals surface area (Å²) >= 11 is 4.97. The maximum atomic E-state index is 4.97. The Kier molecular flexibility index (Phi) is 3.06. The standard InChI is InChI=1S/C9H10N6S/c1-10-9(16)14-7-2-3-8(11-4-7)15-5-12-13-6-15/h2-6H,1H3,(H2,10,14,16). The number of thiocarbonyl (C=S) groups is 1. The molecule has 0 saturated carbocycles. The Morgan fingerprint density at radius 1 is 1.31 bits per heavy atom. The molecule has 0 aliphatic carbocycles. The molecule has 2 rings (SSSR count). The first-order valence-electron chi connectivity index (χ1n) is 4.59. The minimum atomic E-state index is 0.554. The number of rotatable bonds is 2. The van der Waals surface area contributed by atoms with E-state index in [2.05, 4.69) is 25.8 Å². The van der Waals surface area contributed by atoms with Gasteiger partial charge in [0.1, 0.15) is 18.5 Å². The zero-order valence-corrected chi connectivity index (χ0v) is 9.40. The Labute approximate surface area is 97.7 Å². The van der Waals surface area contributed by atoms with Crippen LogP contribution in [0.1, 0.15) is 0 Å². The third-order valence-corrected chi connectivity index (χ3v) is 2.22. The fourth-order valence-corrected chi connectivity index (χ4v) is 1.24. The fraction of sp³-hybridized carbons (Fsp3) is 0.111. The van der Waals surface area contributed by atoms with Crippen LogP contribution in [-0.2, 0) is 0 Å². The molecule has 0 saturated heterocycles. The molecule has 0 aromatic carbocycles. The predicted octanol–water partition coefficient (Wildman–Crippen LogP) is 0.579. The van der Waals surface area contributed by atoms with E-state index in [0.29, 0.717) is 5.11 Å². The smallest absolute Gasteiger partial charge is 0.170 e. The molecule has 16 heavy (non-hydrogen) atoms. The first-order valence-corrected chi connectivity index (χ1v) is 5.00. The maximum Gasteiger partial charge on any atom is 0.170 e. The van der Waals surface area contributed by atoms with E-state index in [1.165, 1.54) is 0 Å². The Morgan fingerprint density at radius 2 is 2.06 bits per heavy atom. The molecule has 7 heteroatoms. The van der Waals surface area contributed by atoms with E-state index in [9.17, 15) is 0 Å². The van der Waals surface area contributed by atoms with Crippen molar-refractivity contribution < 1.29 is 0 Å². The lowest BCUT2D eigenvalue weighted by atomic mass is 10.4. The van der Waals surface area contributed by atoms with Crippen molar-refractivity contribution in [3.05, 3.63) is 31.0 Å². The minimum absolute atomic E-state index is 0.554. The molecule has 0 aliphatic heterocycles. The number of nitrogens with zero attached hydrogens (tertiary/aromatic N) is 4. The van der Waals surface area contributed by atoms with Crippen molar-refractivity contribution in [2.24, 2.45) is 0 Å². The number of nitrogens with one attached hydrogen (secondary N) is 2. The average molecular weight is 234 g/mol. The van der Waals surface area contributed by atoms with Gasteiger partial charge in [0.2, 0.25) is 0 Å². The molecule has 6 nitrogen and oxygen atoms in total. The molecule has 82 valence electrons. The van der Waals surface area contributed by atoms with Gasteiger partial charge >= 0.3 is 0 Å². The van der Waals surface area contributed by atoms with Crippen molar-refractivity contribution in [3.8, 4) is 5.82 Å². The van der Waals surface area contributed by atoms with E-state index in [1.54, 1.807) is 30.5 Å². The number of hydrogen-bond donors (Lipinski definition) is 2. The molecule has 2 aromatic heterocycles. The molecule has 0 fully saturated rings. The van der Waals surface area contributed by atoms with Gasteiger partial charge in [0.15, 0.2) is 5.11 Å². The van der Waals surface area contributed by atoms with Crippen molar-refractivity contribution in [1.29, 1.82) is 0 Å². The molecule has 0 aliphatic rings. The Balaban J connectivity index is 2.14. The zero-order chi connectivity index (χ0) is 11.4. The second-order valence-electron chi connectivity index (χ2n) is 2.98. The van der Waals surface area contributed by atoms with Gasteiger partial charge in [0.05, 0.1) is 11.9 Å². The normalized spacial score (nSPS) is 9.81. The third-order valence-electron chi connectivity index (χ3n) is 1.92. The van der Waals surface area contributed by atoms with Gasteiger partial charge in [-0.1, -0.05) is 0 Å². The van der Waals surface area contributed by atoms with Crippen molar-refractivity contribution in [3.63, 3.8) is 0 Å². The molecule has 0 spiro atoms. The summed E-state index contributed by atoms with van der Waals surface area (Å²) in [5, 5.41) is 13.8. The van der Waals surface area contributed by atoms with Gasteiger partial charge in [0.25, 0.3) is 0 Å². The molecular formula is C9H10N6S. The Hall–Kier alpha value is -2.02. The summed E-state index contributed by atoms with van der Waals surface area (Å²) in [5.41, 5.74) is 0.830. The summed E-state index contributed by atoms with van der Waals surface area (Å²) in [6.07, 6.45) is 4.88. The highest BCUT2D eigenvalue weighted by Gasteiger charge is 1.99. The summed E-state index contributed by atoms with van der Waals surface area (Å²) in [6, 6.07) is 3.73. The van der Waals surface area contributed by atoms with Gasteiger partial charge in [-0.25, -0.2) is 4.98 Å². The highest BCUT2D eigenvalue weighted by atomic mass is 32.1. The van der Waals surface area contributed by atoms with E-state index in [-0.39, 0.29) is 0 Å². The number of pyridine rings is 1. The lowest BCUT2D eigenvalue weighted by Gasteiger charge is -2.07. The summed E-state index contributed by atoms with van der Waals surface area (Å²) < 4.78 is 1.72. The number of hydrogen-bond acceptors (Lipinski definition) is 4. The number of aromatic nitrogens is 4. The van der Waals surface area contributed by atoms with Gasteiger partial charge < -0.3 is 10.6 Å². The first-order chi connectivity index (χ1) is 7.79. The second kappa shape index (κ2) is 4.67. The quantitative estimate of drug-likeness (QED) is 0.741. The topological polar surface area (TPSA) is 67.7 Å². The molecule has 2 aromatic rings. The van der Waals surface area contributed by atoms with Gasteiger partial charge in [-0.2, -0.15) is 0 Å². The van der Waals surface area contributed by atoms with Crippen LogP contribution in [0.3, 0.4) is 0 Å². The first kappa shape index (κ1) is 10.5. The van der Waals surface area contributed by atoms with Crippen LogP contribution in [0, 0.1) is 0 Å². The molecule has 2 N–H and O–H groups in total. The van der Waals surface area contributed by atoms with Crippen LogP contribution in [0.15, 0.2) is 31.0 Å². The third kappa shape index (κ3) is 2.31. The van der Waals surface area contributed by atoms with Crippen LogP contribution in [0.4, 0.5) is 5.69 Å². The Bertz CT molecular complexity index is 463. The minimum Gasteiger partial charge on any atom is -0.366 e. The van der Waals surface area contributed by atoms with Crippen molar-refractivity contribution in [2.45, 2.75) is 0 Å². The molecule has 0 amide bonds. The monoisotopic (exact) mass is 234 g/mol. The van der Waals surface area contributed by atoms with Crippen LogP contribution in [-0.4, -0.2) is 31.9 Å². The van der Waals surface area contributed by atoms with Crippen LogP contribution < -0.4 is 10.6 Å². The lowest BCUT2D eigenvalue weighted by molar-refractivity contribution is 0.991. The second-order valence-corrected chi connectivity index (χ2v) is 3.39. The van der Waals surface area contributed by atoms with Gasteiger partial charge in [0, 0.05) is 7.05 Å². The summed E-state index contributed by atoms with van der Waals surface area (Å²) in [4.78, 5) is 4.24. The van der Waals surface area contributed by atoms with Gasteiger partial charge in [-0.05, 0) is 24.4 Å². The highest BCUT2D eigenvalue weighted by molar-refractivity contribution is 7.80. The van der Waals surface area contributed by atoms with Gasteiger partial charge in [-0.3, -0.25) is 4.57 Å².